The van der Waals surface area contributed by atoms with Crippen LogP contribution >= 0.6 is 0 Å². The van der Waals surface area contributed by atoms with Gasteiger partial charge in [0.2, 0.25) is 0 Å². The van der Waals surface area contributed by atoms with Gasteiger partial charge < -0.3 is 5.32 Å². The van der Waals surface area contributed by atoms with Gasteiger partial charge in [-0.1, -0.05) is 12.1 Å². The Morgan fingerprint density at radius 2 is 2.17 bits per heavy atom. The van der Waals surface area contributed by atoms with Gasteiger partial charge in [0, 0.05) is 54.7 Å². The number of nitrogens with one attached hydrogen (secondary N) is 1. The molecule has 6 nitrogen and oxygen atoms in total. The number of nitrogens with zero attached hydrogens (tertiary/aromatic N) is 4. The van der Waals surface area contributed by atoms with Crippen molar-refractivity contribution in [2.45, 2.75) is 20.0 Å². The van der Waals surface area contributed by atoms with Gasteiger partial charge in [-0.2, -0.15) is 0 Å². The van der Waals surface area contributed by atoms with Gasteiger partial charge in [-0.05, 0) is 6.54 Å². The quantitative estimate of drug-likeness (QED) is 0.752. The lowest BCUT2D eigenvalue weighted by Crippen LogP contribution is -2.39. The van der Waals surface area contributed by atoms with E-state index in [9.17, 15) is 4.21 Å². The first-order valence-electron chi connectivity index (χ1n) is 6.45. The predicted octanol–water partition coefficient (Wildman–Crippen LogP) is -0.548. The molecule has 2 rings (SSSR count). The molecule has 0 amide bonds. The Hall–Kier alpha value is -0.790. The third-order valence-electron chi connectivity index (χ3n) is 3.06. The Labute approximate surface area is 110 Å². The Kier molecular flexibility index (Phi) is 5.27. The molecule has 0 aliphatic carbocycles. The maximum absolute atomic E-state index is 11.2. The molecule has 1 saturated heterocycles. The molecule has 0 spiro atoms. The van der Waals surface area contributed by atoms with Crippen molar-refractivity contribution in [1.82, 2.24) is 25.2 Å². The third-order valence-corrected chi connectivity index (χ3v) is 4.33. The summed E-state index contributed by atoms with van der Waals surface area (Å²) in [4.78, 5) is 2.34. The second-order valence-corrected chi connectivity index (χ2v) is 6.14. The first kappa shape index (κ1) is 13.6. The molecule has 0 bridgehead atoms. The van der Waals surface area contributed by atoms with Crippen LogP contribution in [-0.2, 0) is 23.9 Å². The summed E-state index contributed by atoms with van der Waals surface area (Å²) in [5.74, 6) is 1.62. The zero-order chi connectivity index (χ0) is 12.8. The highest BCUT2D eigenvalue weighted by Gasteiger charge is 2.14. The van der Waals surface area contributed by atoms with Crippen LogP contribution in [0.3, 0.4) is 0 Å². The highest BCUT2D eigenvalue weighted by atomic mass is 32.2. The van der Waals surface area contributed by atoms with E-state index in [1.54, 1.807) is 0 Å². The molecule has 0 aromatic carbocycles. The first-order valence-corrected chi connectivity index (χ1v) is 7.94. The van der Waals surface area contributed by atoms with Crippen LogP contribution in [0.5, 0.6) is 0 Å². The van der Waals surface area contributed by atoms with Gasteiger partial charge in [0.15, 0.2) is 0 Å². The fraction of sp³-hybridized carbons (Fsp3) is 0.818. The van der Waals surface area contributed by atoms with Crippen molar-refractivity contribution in [2.24, 2.45) is 0 Å². The highest BCUT2D eigenvalue weighted by molar-refractivity contribution is 7.85. The van der Waals surface area contributed by atoms with Gasteiger partial charge in [0.1, 0.15) is 0 Å². The molecule has 0 saturated carbocycles. The lowest BCUT2D eigenvalue weighted by Gasteiger charge is -2.25. The van der Waals surface area contributed by atoms with Crippen LogP contribution in [-0.4, -0.2) is 61.8 Å². The number of hydrogen-bond donors (Lipinski definition) is 1. The normalized spacial score (nSPS) is 18.3. The highest BCUT2D eigenvalue weighted by Crippen LogP contribution is 2.00. The fourth-order valence-corrected chi connectivity index (χ4v) is 3.05. The van der Waals surface area contributed by atoms with Crippen LogP contribution < -0.4 is 5.32 Å². The van der Waals surface area contributed by atoms with E-state index in [0.29, 0.717) is 0 Å². The number of aromatic nitrogens is 3. The second-order valence-electron chi connectivity index (χ2n) is 4.44. The second kappa shape index (κ2) is 6.96. The predicted molar refractivity (Wildman–Crippen MR) is 71.7 cm³/mol. The molecular weight excluding hydrogens is 250 g/mol. The van der Waals surface area contributed by atoms with Crippen LogP contribution in [0.1, 0.15) is 12.6 Å². The third kappa shape index (κ3) is 4.15. The van der Waals surface area contributed by atoms with E-state index >= 15 is 0 Å². The minimum Gasteiger partial charge on any atom is -0.311 e. The van der Waals surface area contributed by atoms with Crippen molar-refractivity contribution >= 4 is 10.8 Å². The van der Waals surface area contributed by atoms with Crippen molar-refractivity contribution in [1.29, 1.82) is 0 Å². The summed E-state index contributed by atoms with van der Waals surface area (Å²) in [7, 11) is -0.593. The van der Waals surface area contributed by atoms with Crippen LogP contribution in [0.2, 0.25) is 0 Å². The van der Waals surface area contributed by atoms with Crippen molar-refractivity contribution in [2.75, 3.05) is 37.7 Å². The molecule has 2 heterocycles. The van der Waals surface area contributed by atoms with Gasteiger partial charge in [-0.15, -0.1) is 5.10 Å². The molecule has 7 heteroatoms. The smallest absolute Gasteiger partial charge is 0.0964 e. The zero-order valence-corrected chi connectivity index (χ0v) is 11.7. The lowest BCUT2D eigenvalue weighted by molar-refractivity contribution is 0.280. The number of rotatable bonds is 6. The average molecular weight is 271 g/mol. The molecule has 1 aliphatic rings. The first-order chi connectivity index (χ1) is 8.78. The van der Waals surface area contributed by atoms with E-state index < -0.39 is 10.8 Å². The van der Waals surface area contributed by atoms with Gasteiger partial charge in [0.25, 0.3) is 0 Å². The Balaban J connectivity index is 1.72. The zero-order valence-electron chi connectivity index (χ0n) is 10.8. The van der Waals surface area contributed by atoms with Crippen LogP contribution in [0.4, 0.5) is 0 Å². The molecule has 1 aliphatic heterocycles. The molecule has 18 heavy (non-hydrogen) atoms. The van der Waals surface area contributed by atoms with Gasteiger partial charge in [-0.25, -0.2) is 0 Å². The van der Waals surface area contributed by atoms with Crippen LogP contribution in [0, 0.1) is 0 Å². The molecule has 0 atom stereocenters. The Morgan fingerprint density at radius 3 is 2.89 bits per heavy atom. The Bertz CT molecular complexity index is 385. The van der Waals surface area contributed by atoms with Crippen molar-refractivity contribution in [3.8, 4) is 0 Å². The molecule has 1 fully saturated rings. The van der Waals surface area contributed by atoms with Gasteiger partial charge >= 0.3 is 0 Å². The standard InChI is InChI=1S/C11H21N5OS/c1-2-12-9-11-10-16(14-13-11)4-3-15-5-7-18(17)8-6-15/h10,12H,2-9H2,1H3. The average Bonchev–Trinajstić information content (AvgIpc) is 2.84. The van der Waals surface area contributed by atoms with E-state index in [-0.39, 0.29) is 0 Å². The van der Waals surface area contributed by atoms with Crippen molar-refractivity contribution in [3.05, 3.63) is 11.9 Å². The molecule has 1 aromatic rings. The molecular formula is C11H21N5OS. The summed E-state index contributed by atoms with van der Waals surface area (Å²) in [5.41, 5.74) is 0.983. The van der Waals surface area contributed by atoms with Crippen LogP contribution in [0.25, 0.3) is 0 Å². The minimum atomic E-state index is -0.593. The maximum Gasteiger partial charge on any atom is 0.0964 e. The summed E-state index contributed by atoms with van der Waals surface area (Å²) in [6.07, 6.45) is 1.99. The summed E-state index contributed by atoms with van der Waals surface area (Å²) in [6, 6.07) is 0. The molecule has 1 aromatic heterocycles. The molecule has 102 valence electrons. The SMILES string of the molecule is CCNCc1cn(CCN2CCS(=O)CC2)nn1. The maximum atomic E-state index is 11.2. The summed E-state index contributed by atoms with van der Waals surface area (Å²) >= 11 is 0. The molecule has 0 radical (unpaired) electrons. The minimum absolute atomic E-state index is 0.593. The van der Waals surface area contributed by atoms with E-state index in [4.69, 9.17) is 0 Å². The lowest BCUT2D eigenvalue weighted by atomic mass is 10.4. The van der Waals surface area contributed by atoms with Gasteiger partial charge in [-0.3, -0.25) is 13.8 Å². The topological polar surface area (TPSA) is 63.1 Å². The molecule has 0 unspecified atom stereocenters. The fourth-order valence-electron chi connectivity index (χ4n) is 1.93. The summed E-state index contributed by atoms with van der Waals surface area (Å²) < 4.78 is 13.1. The largest absolute Gasteiger partial charge is 0.311 e. The number of hydrogen-bond acceptors (Lipinski definition) is 5. The summed E-state index contributed by atoms with van der Waals surface area (Å²) in [6.45, 7) is 7.48. The van der Waals surface area contributed by atoms with Crippen LogP contribution in [0.15, 0.2) is 6.20 Å². The van der Waals surface area contributed by atoms with E-state index in [1.807, 2.05) is 10.9 Å². The Morgan fingerprint density at radius 1 is 1.39 bits per heavy atom. The van der Waals surface area contributed by atoms with E-state index in [2.05, 4.69) is 27.5 Å². The van der Waals surface area contributed by atoms with E-state index in [1.165, 1.54) is 0 Å². The molecule has 1 N–H and O–H groups in total. The van der Waals surface area contributed by atoms with Gasteiger partial charge in [0.05, 0.1) is 12.2 Å². The van der Waals surface area contributed by atoms with Crippen molar-refractivity contribution < 1.29 is 4.21 Å². The monoisotopic (exact) mass is 271 g/mol. The van der Waals surface area contributed by atoms with Crippen molar-refractivity contribution in [3.63, 3.8) is 0 Å². The van der Waals surface area contributed by atoms with E-state index in [0.717, 1.165) is 56.5 Å². The summed E-state index contributed by atoms with van der Waals surface area (Å²) in [5, 5.41) is 11.4.